The Labute approximate surface area is 153 Å². The van der Waals surface area contributed by atoms with Gasteiger partial charge in [-0.2, -0.15) is 0 Å². The van der Waals surface area contributed by atoms with E-state index in [9.17, 15) is 0 Å². The van der Waals surface area contributed by atoms with E-state index in [0.29, 0.717) is 0 Å². The lowest BCUT2D eigenvalue weighted by atomic mass is 9.91. The molecule has 0 bridgehead atoms. The minimum atomic E-state index is 1.13. The summed E-state index contributed by atoms with van der Waals surface area (Å²) in [4.78, 5) is 1.13. The van der Waals surface area contributed by atoms with Crippen LogP contribution in [0.3, 0.4) is 0 Å². The summed E-state index contributed by atoms with van der Waals surface area (Å²) in [6.45, 7) is 17.2. The second-order valence-electron chi connectivity index (χ2n) is 6.47. The van der Waals surface area contributed by atoms with Crippen LogP contribution in [-0.2, 0) is 0 Å². The average Bonchev–Trinajstić information content (AvgIpc) is 2.58. The highest BCUT2D eigenvalue weighted by Gasteiger charge is 2.08. The first-order valence-corrected chi connectivity index (χ1v) is 9.85. The fourth-order valence-electron chi connectivity index (χ4n) is 2.87. The fraction of sp³-hybridized carbons (Fsp3) is 0.391. The van der Waals surface area contributed by atoms with Crippen molar-refractivity contribution in [2.45, 2.75) is 54.4 Å². The molecule has 0 N–H and O–H groups in total. The highest BCUT2D eigenvalue weighted by atomic mass is 32.2. The van der Waals surface area contributed by atoms with Gasteiger partial charge in [0, 0.05) is 4.91 Å². The van der Waals surface area contributed by atoms with Gasteiger partial charge in [-0.1, -0.05) is 42.5 Å². The second kappa shape index (κ2) is 9.74. The van der Waals surface area contributed by atoms with Crippen molar-refractivity contribution < 1.29 is 0 Å². The molecule has 0 aliphatic heterocycles. The molecule has 1 heteroatoms. The van der Waals surface area contributed by atoms with Crippen molar-refractivity contribution in [2.75, 3.05) is 6.26 Å². The Bertz CT molecular complexity index is 673. The molecule has 24 heavy (non-hydrogen) atoms. The van der Waals surface area contributed by atoms with E-state index < -0.39 is 0 Å². The Kier molecular flexibility index (Phi) is 8.35. The van der Waals surface area contributed by atoms with Crippen molar-refractivity contribution in [2.24, 2.45) is 0 Å². The number of thioether (sulfide) groups is 1. The van der Waals surface area contributed by atoms with E-state index in [-0.39, 0.29) is 0 Å². The van der Waals surface area contributed by atoms with Crippen LogP contribution in [0.4, 0.5) is 0 Å². The molecule has 0 unspecified atom stereocenters. The zero-order valence-corrected chi connectivity index (χ0v) is 17.2. The molecule has 0 aromatic carbocycles. The maximum absolute atomic E-state index is 4.10. The summed E-state index contributed by atoms with van der Waals surface area (Å²) < 4.78 is 0. The molecule has 1 aliphatic carbocycles. The van der Waals surface area contributed by atoms with Crippen LogP contribution in [0.15, 0.2) is 80.9 Å². The van der Waals surface area contributed by atoms with Crippen LogP contribution in [0, 0.1) is 0 Å². The number of hydrogen-bond donors (Lipinski definition) is 0. The number of rotatable bonds is 6. The van der Waals surface area contributed by atoms with Gasteiger partial charge in [-0.25, -0.2) is 0 Å². The van der Waals surface area contributed by atoms with Crippen LogP contribution < -0.4 is 0 Å². The summed E-state index contributed by atoms with van der Waals surface area (Å²) in [5.74, 6) is 0. The minimum absolute atomic E-state index is 1.13. The Morgan fingerprint density at radius 1 is 1.17 bits per heavy atom. The molecule has 0 radical (unpaired) electrons. The van der Waals surface area contributed by atoms with Crippen LogP contribution in [-0.4, -0.2) is 6.26 Å². The lowest BCUT2D eigenvalue weighted by molar-refractivity contribution is 0.941. The molecule has 0 nitrogen and oxygen atoms in total. The van der Waals surface area contributed by atoms with E-state index in [1.165, 1.54) is 51.9 Å². The largest absolute Gasteiger partial charge is 0.130 e. The second-order valence-corrected chi connectivity index (χ2v) is 7.37. The molecule has 0 atom stereocenters. The zero-order chi connectivity index (χ0) is 18.3. The van der Waals surface area contributed by atoms with E-state index in [1.54, 1.807) is 11.8 Å². The van der Waals surface area contributed by atoms with Gasteiger partial charge in [0.1, 0.15) is 0 Å². The maximum Gasteiger partial charge on any atom is 0.00265 e. The van der Waals surface area contributed by atoms with Crippen molar-refractivity contribution in [1.82, 2.24) is 0 Å². The molecule has 0 aromatic rings. The van der Waals surface area contributed by atoms with Gasteiger partial charge in [0.15, 0.2) is 0 Å². The minimum Gasteiger partial charge on any atom is -0.130 e. The molecule has 0 spiro atoms. The van der Waals surface area contributed by atoms with E-state index in [0.717, 1.165) is 4.91 Å². The molecule has 130 valence electrons. The third-order valence-corrected chi connectivity index (χ3v) is 5.50. The quantitative estimate of drug-likeness (QED) is 0.446. The fourth-order valence-corrected chi connectivity index (χ4v) is 3.25. The van der Waals surface area contributed by atoms with Crippen molar-refractivity contribution in [3.05, 3.63) is 80.9 Å². The molecule has 1 aliphatic rings. The summed E-state index contributed by atoms with van der Waals surface area (Å²) in [5, 5.41) is 0. The van der Waals surface area contributed by atoms with Crippen LogP contribution >= 0.6 is 11.8 Å². The lowest BCUT2D eigenvalue weighted by Gasteiger charge is -2.15. The van der Waals surface area contributed by atoms with Crippen LogP contribution in [0.1, 0.15) is 54.4 Å². The number of allylic oxidation sites excluding steroid dienone is 12. The van der Waals surface area contributed by atoms with Crippen molar-refractivity contribution in [3.8, 4) is 0 Å². The normalized spacial score (nSPS) is 18.0. The number of hydrogen-bond acceptors (Lipinski definition) is 1. The van der Waals surface area contributed by atoms with Gasteiger partial charge in [0.05, 0.1) is 0 Å². The van der Waals surface area contributed by atoms with Crippen LogP contribution in [0.25, 0.3) is 0 Å². The average molecular weight is 341 g/mol. The first-order chi connectivity index (χ1) is 11.3. The highest BCUT2D eigenvalue weighted by Crippen LogP contribution is 2.28. The summed E-state index contributed by atoms with van der Waals surface area (Å²) in [7, 11) is 0. The third-order valence-electron chi connectivity index (χ3n) is 4.68. The lowest BCUT2D eigenvalue weighted by Crippen LogP contribution is -1.95. The monoisotopic (exact) mass is 340 g/mol. The zero-order valence-electron chi connectivity index (χ0n) is 16.4. The first kappa shape index (κ1) is 20.6. The smallest absolute Gasteiger partial charge is 0.00265 e. The molecule has 0 saturated heterocycles. The van der Waals surface area contributed by atoms with E-state index in [4.69, 9.17) is 0 Å². The topological polar surface area (TPSA) is 0 Å². The Morgan fingerprint density at radius 2 is 1.83 bits per heavy atom. The van der Waals surface area contributed by atoms with Crippen molar-refractivity contribution >= 4 is 11.8 Å². The Hall–Kier alpha value is -1.47. The summed E-state index contributed by atoms with van der Waals surface area (Å²) in [5.41, 5.74) is 9.39. The van der Waals surface area contributed by atoms with Gasteiger partial charge in [-0.3, -0.25) is 0 Å². The summed E-state index contributed by atoms with van der Waals surface area (Å²) in [6, 6.07) is 0. The van der Waals surface area contributed by atoms with Crippen molar-refractivity contribution in [3.63, 3.8) is 0 Å². The molecule has 0 amide bonds. The molecular weight excluding hydrogens is 308 g/mol. The molecule has 1 rings (SSSR count). The molecule has 0 aromatic heterocycles. The van der Waals surface area contributed by atoms with Gasteiger partial charge in [-0.15, -0.1) is 11.8 Å². The van der Waals surface area contributed by atoms with E-state index in [1.807, 2.05) is 0 Å². The summed E-state index contributed by atoms with van der Waals surface area (Å²) >= 11 is 1.70. The van der Waals surface area contributed by atoms with Gasteiger partial charge in [0.25, 0.3) is 0 Å². The van der Waals surface area contributed by atoms with Crippen molar-refractivity contribution in [1.29, 1.82) is 0 Å². The highest BCUT2D eigenvalue weighted by molar-refractivity contribution is 8.02. The summed E-state index contributed by atoms with van der Waals surface area (Å²) in [6.07, 6.45) is 15.7. The third kappa shape index (κ3) is 5.56. The maximum atomic E-state index is 4.10. The van der Waals surface area contributed by atoms with Crippen LogP contribution in [0.2, 0.25) is 0 Å². The molecule has 0 heterocycles. The van der Waals surface area contributed by atoms with Gasteiger partial charge in [0.2, 0.25) is 0 Å². The van der Waals surface area contributed by atoms with Gasteiger partial charge in [-0.05, 0) is 94.1 Å². The van der Waals surface area contributed by atoms with Crippen LogP contribution in [0.5, 0.6) is 0 Å². The molecule has 0 fully saturated rings. The first-order valence-electron chi connectivity index (χ1n) is 8.62. The SMILES string of the molecule is C=C(SC)\C(C)=C/C(C)=C(C)/C(/C=C(\C)C1=C(C)CCC=C1)=C/C. The standard InChI is InChI=1S/C23H32S/c1-9-22(15-19(5)23-13-11-10-12-16(23)2)20(6)17(3)14-18(4)21(7)24-8/h9,11,13-15H,7,10,12H2,1-6,8H3/b18-14-,19-15+,20-17+,22-9+. The van der Waals surface area contributed by atoms with Gasteiger partial charge >= 0.3 is 0 Å². The van der Waals surface area contributed by atoms with Gasteiger partial charge < -0.3 is 0 Å². The predicted molar refractivity (Wildman–Crippen MR) is 113 cm³/mol. The molecular formula is C23H32S. The predicted octanol–water partition coefficient (Wildman–Crippen LogP) is 7.70. The van der Waals surface area contributed by atoms with E-state index >= 15 is 0 Å². The Balaban J connectivity index is 3.17. The van der Waals surface area contributed by atoms with E-state index in [2.05, 4.69) is 84.8 Å². The molecule has 0 saturated carbocycles. The Morgan fingerprint density at radius 3 is 2.38 bits per heavy atom.